The van der Waals surface area contributed by atoms with Gasteiger partial charge in [-0.2, -0.15) is 0 Å². The first kappa shape index (κ1) is 20.4. The minimum atomic E-state index is -0.359. The number of carbonyl (C=O) groups is 2. The van der Waals surface area contributed by atoms with Crippen LogP contribution in [0.15, 0.2) is 59.6 Å². The molecule has 0 saturated carbocycles. The predicted octanol–water partition coefficient (Wildman–Crippen LogP) is 3.24. The van der Waals surface area contributed by atoms with Gasteiger partial charge in [-0.3, -0.25) is 14.7 Å². The van der Waals surface area contributed by atoms with Crippen LogP contribution in [-0.2, 0) is 17.9 Å². The second kappa shape index (κ2) is 8.87. The van der Waals surface area contributed by atoms with Gasteiger partial charge in [0.2, 0.25) is 5.91 Å². The van der Waals surface area contributed by atoms with Crippen molar-refractivity contribution in [2.24, 2.45) is 4.99 Å². The fourth-order valence-corrected chi connectivity index (χ4v) is 4.69. The van der Waals surface area contributed by atoms with Gasteiger partial charge in [-0.25, -0.2) is 9.18 Å². The molecule has 2 unspecified atom stereocenters. The number of carbonyl (C=O) groups excluding carboxylic acids is 2. The lowest BCUT2D eigenvalue weighted by atomic mass is 10.2. The Morgan fingerprint density at radius 3 is 2.60 bits per heavy atom. The maximum atomic E-state index is 13.1. The standard InChI is InChI=1S/C22H23FN4O2S/c1-15-19(20(28)24-13-16-5-3-2-4-6-16)30-21(25-15)27-12-11-26(22(27)29)14-17-7-9-18(23)10-8-17/h2-10,15,19H,11-14H2,1H3,(H,24,28). The van der Waals surface area contributed by atoms with Crippen molar-refractivity contribution in [3.63, 3.8) is 0 Å². The zero-order valence-corrected chi connectivity index (χ0v) is 17.4. The first-order valence-corrected chi connectivity index (χ1v) is 10.8. The number of amides is 3. The summed E-state index contributed by atoms with van der Waals surface area (Å²) >= 11 is 1.34. The Morgan fingerprint density at radius 2 is 1.87 bits per heavy atom. The Labute approximate surface area is 179 Å². The average molecular weight is 427 g/mol. The first-order chi connectivity index (χ1) is 14.5. The molecule has 2 aromatic carbocycles. The summed E-state index contributed by atoms with van der Waals surface area (Å²) in [5, 5.41) is 3.20. The van der Waals surface area contributed by atoms with Gasteiger partial charge in [0, 0.05) is 26.2 Å². The van der Waals surface area contributed by atoms with Crippen molar-refractivity contribution < 1.29 is 14.0 Å². The number of rotatable bonds is 5. The van der Waals surface area contributed by atoms with E-state index in [1.807, 2.05) is 37.3 Å². The van der Waals surface area contributed by atoms with Crippen molar-refractivity contribution in [3.8, 4) is 0 Å². The molecule has 3 amide bonds. The Hall–Kier alpha value is -2.87. The molecule has 6 nitrogen and oxygen atoms in total. The molecule has 156 valence electrons. The van der Waals surface area contributed by atoms with E-state index in [4.69, 9.17) is 0 Å². The van der Waals surface area contributed by atoms with E-state index in [0.717, 1.165) is 11.1 Å². The molecular formula is C22H23FN4O2S. The van der Waals surface area contributed by atoms with Gasteiger partial charge < -0.3 is 10.2 Å². The van der Waals surface area contributed by atoms with Gasteiger partial charge in [-0.15, -0.1) is 0 Å². The zero-order chi connectivity index (χ0) is 21.1. The van der Waals surface area contributed by atoms with Crippen LogP contribution < -0.4 is 5.32 Å². The van der Waals surface area contributed by atoms with E-state index in [2.05, 4.69) is 10.3 Å². The van der Waals surface area contributed by atoms with Crippen LogP contribution in [0.1, 0.15) is 18.1 Å². The zero-order valence-electron chi connectivity index (χ0n) is 16.6. The van der Waals surface area contributed by atoms with Gasteiger partial charge in [0.25, 0.3) is 0 Å². The molecule has 2 aliphatic rings. The van der Waals surface area contributed by atoms with Gasteiger partial charge in [0.05, 0.1) is 6.04 Å². The minimum Gasteiger partial charge on any atom is -0.351 e. The average Bonchev–Trinajstić information content (AvgIpc) is 3.31. The molecule has 2 atom stereocenters. The monoisotopic (exact) mass is 426 g/mol. The SMILES string of the molecule is CC1N=C(N2CCN(Cc3ccc(F)cc3)C2=O)SC1C(=O)NCc1ccccc1. The van der Waals surface area contributed by atoms with Crippen molar-refractivity contribution in [1.29, 1.82) is 0 Å². The minimum absolute atomic E-state index is 0.0788. The van der Waals surface area contributed by atoms with Gasteiger partial charge in [-0.1, -0.05) is 54.2 Å². The lowest BCUT2D eigenvalue weighted by Crippen LogP contribution is -2.37. The normalized spacial score (nSPS) is 21.1. The number of benzene rings is 2. The highest BCUT2D eigenvalue weighted by atomic mass is 32.2. The first-order valence-electron chi connectivity index (χ1n) is 9.88. The largest absolute Gasteiger partial charge is 0.351 e. The van der Waals surface area contributed by atoms with Crippen molar-refractivity contribution in [1.82, 2.24) is 15.1 Å². The Morgan fingerprint density at radius 1 is 1.13 bits per heavy atom. The molecule has 4 rings (SSSR count). The number of nitrogens with zero attached hydrogens (tertiary/aromatic N) is 3. The topological polar surface area (TPSA) is 65.0 Å². The third-order valence-electron chi connectivity index (χ3n) is 5.17. The van der Waals surface area contributed by atoms with Crippen LogP contribution in [0.2, 0.25) is 0 Å². The Kier molecular flexibility index (Phi) is 6.03. The quantitative estimate of drug-likeness (QED) is 0.798. The molecule has 8 heteroatoms. The lowest BCUT2D eigenvalue weighted by molar-refractivity contribution is -0.120. The summed E-state index contributed by atoms with van der Waals surface area (Å²) in [5.41, 5.74) is 1.91. The molecule has 1 fully saturated rings. The summed E-state index contributed by atoms with van der Waals surface area (Å²) in [6.45, 7) is 3.87. The van der Waals surface area contributed by atoms with E-state index in [-0.39, 0.29) is 29.0 Å². The highest BCUT2D eigenvalue weighted by Gasteiger charge is 2.40. The van der Waals surface area contributed by atoms with E-state index in [1.54, 1.807) is 21.9 Å². The number of thioether (sulfide) groups is 1. The fourth-order valence-electron chi connectivity index (χ4n) is 3.49. The van der Waals surface area contributed by atoms with Gasteiger partial charge in [0.15, 0.2) is 5.17 Å². The molecule has 0 aliphatic carbocycles. The third-order valence-corrected chi connectivity index (χ3v) is 6.56. The van der Waals surface area contributed by atoms with Crippen molar-refractivity contribution in [2.75, 3.05) is 13.1 Å². The molecular weight excluding hydrogens is 403 g/mol. The highest BCUT2D eigenvalue weighted by molar-refractivity contribution is 8.15. The van der Waals surface area contributed by atoms with Crippen LogP contribution in [0.5, 0.6) is 0 Å². The van der Waals surface area contributed by atoms with Crippen molar-refractivity contribution in [3.05, 3.63) is 71.5 Å². The van der Waals surface area contributed by atoms with E-state index in [0.29, 0.717) is 31.3 Å². The third kappa shape index (κ3) is 4.48. The number of urea groups is 1. The maximum Gasteiger partial charge on any atom is 0.326 e. The van der Waals surface area contributed by atoms with Crippen LogP contribution in [0.3, 0.4) is 0 Å². The molecule has 1 N–H and O–H groups in total. The Balaban J connectivity index is 1.33. The van der Waals surface area contributed by atoms with Gasteiger partial charge in [0.1, 0.15) is 11.1 Å². The molecule has 30 heavy (non-hydrogen) atoms. The number of hydrogen-bond acceptors (Lipinski definition) is 4. The summed E-state index contributed by atoms with van der Waals surface area (Å²) in [4.78, 5) is 33.4. The number of amidine groups is 1. The number of nitrogens with one attached hydrogen (secondary N) is 1. The van der Waals surface area contributed by atoms with Crippen molar-refractivity contribution in [2.45, 2.75) is 31.3 Å². The number of hydrogen-bond donors (Lipinski definition) is 1. The summed E-state index contributed by atoms with van der Waals surface area (Å²) in [7, 11) is 0. The maximum absolute atomic E-state index is 13.1. The van der Waals surface area contributed by atoms with E-state index >= 15 is 0 Å². The molecule has 2 aromatic rings. The van der Waals surface area contributed by atoms with Crippen LogP contribution in [0, 0.1) is 5.82 Å². The Bertz CT molecular complexity index is 951. The smallest absolute Gasteiger partial charge is 0.326 e. The summed E-state index contributed by atoms with van der Waals surface area (Å²) in [6, 6.07) is 15.5. The lowest BCUT2D eigenvalue weighted by Gasteiger charge is -2.18. The van der Waals surface area contributed by atoms with Crippen LogP contribution >= 0.6 is 11.8 Å². The molecule has 1 saturated heterocycles. The number of aliphatic imine (C=N–C) groups is 1. The van der Waals surface area contributed by atoms with Crippen LogP contribution in [0.4, 0.5) is 9.18 Å². The summed E-state index contributed by atoms with van der Waals surface area (Å²) in [6.07, 6.45) is 0. The molecule has 0 spiro atoms. The molecule has 0 radical (unpaired) electrons. The number of halogens is 1. The summed E-state index contributed by atoms with van der Waals surface area (Å²) in [5.74, 6) is -0.375. The molecule has 2 aliphatic heterocycles. The fraction of sp³-hybridized carbons (Fsp3) is 0.318. The van der Waals surface area contributed by atoms with Gasteiger partial charge in [-0.05, 0) is 30.2 Å². The second-order valence-corrected chi connectivity index (χ2v) is 8.49. The van der Waals surface area contributed by atoms with Crippen molar-refractivity contribution >= 4 is 28.9 Å². The van der Waals surface area contributed by atoms with Gasteiger partial charge >= 0.3 is 6.03 Å². The molecule has 0 bridgehead atoms. The summed E-state index contributed by atoms with van der Waals surface area (Å²) < 4.78 is 13.1. The van der Waals surface area contributed by atoms with E-state index < -0.39 is 0 Å². The predicted molar refractivity (Wildman–Crippen MR) is 115 cm³/mol. The van der Waals surface area contributed by atoms with Crippen LogP contribution in [-0.4, -0.2) is 51.3 Å². The van der Waals surface area contributed by atoms with Crippen LogP contribution in [0.25, 0.3) is 0 Å². The molecule has 2 heterocycles. The van der Waals surface area contributed by atoms with E-state index in [9.17, 15) is 14.0 Å². The molecule has 0 aromatic heterocycles. The highest BCUT2D eigenvalue weighted by Crippen LogP contribution is 2.31. The van der Waals surface area contributed by atoms with E-state index in [1.165, 1.54) is 23.9 Å². The second-order valence-electron chi connectivity index (χ2n) is 7.38.